The summed E-state index contributed by atoms with van der Waals surface area (Å²) in [5, 5.41) is 7.60. The van der Waals surface area contributed by atoms with E-state index in [9.17, 15) is 0 Å². The molecule has 0 aliphatic carbocycles. The van der Waals surface area contributed by atoms with Crippen LogP contribution in [0.4, 0.5) is 0 Å². The molecule has 1 saturated heterocycles. The van der Waals surface area contributed by atoms with Crippen molar-refractivity contribution in [2.45, 2.75) is 31.7 Å². The second-order valence-electron chi connectivity index (χ2n) is 5.01. The zero-order valence-electron chi connectivity index (χ0n) is 11.6. The van der Waals surface area contributed by atoms with Crippen molar-refractivity contribution in [3.05, 3.63) is 30.1 Å². The molecule has 106 valence electrons. The minimum atomic E-state index is 0.199. The largest absolute Gasteiger partial charge is 0.496 e. The van der Waals surface area contributed by atoms with Crippen LogP contribution in [-0.4, -0.2) is 23.8 Å². The lowest BCUT2D eigenvalue weighted by Crippen LogP contribution is -2.21. The van der Waals surface area contributed by atoms with Gasteiger partial charge in [0, 0.05) is 0 Å². The Balaban J connectivity index is 1.85. The lowest BCUT2D eigenvalue weighted by atomic mass is 10.1. The third-order valence-corrected chi connectivity index (χ3v) is 3.65. The van der Waals surface area contributed by atoms with Crippen LogP contribution in [-0.2, 0) is 0 Å². The van der Waals surface area contributed by atoms with Crippen LogP contribution >= 0.6 is 0 Å². The number of rotatable bonds is 3. The minimum absolute atomic E-state index is 0.199. The van der Waals surface area contributed by atoms with Crippen LogP contribution in [0.15, 0.2) is 28.8 Å². The van der Waals surface area contributed by atoms with Gasteiger partial charge >= 0.3 is 0 Å². The quantitative estimate of drug-likeness (QED) is 0.931. The highest BCUT2D eigenvalue weighted by molar-refractivity contribution is 5.62. The molecule has 0 spiro atoms. The lowest BCUT2D eigenvalue weighted by Gasteiger charge is -2.10. The van der Waals surface area contributed by atoms with Gasteiger partial charge in [0.15, 0.2) is 5.82 Å². The van der Waals surface area contributed by atoms with Crippen molar-refractivity contribution in [2.24, 2.45) is 0 Å². The first-order chi connectivity index (χ1) is 9.88. The summed E-state index contributed by atoms with van der Waals surface area (Å²) in [6.45, 7) is 1.02. The van der Waals surface area contributed by atoms with Crippen LogP contribution in [0, 0.1) is 0 Å². The average Bonchev–Trinajstić information content (AvgIpc) is 2.82. The van der Waals surface area contributed by atoms with Gasteiger partial charge in [-0.05, 0) is 31.5 Å². The summed E-state index contributed by atoms with van der Waals surface area (Å²) < 4.78 is 10.7. The van der Waals surface area contributed by atoms with Crippen molar-refractivity contribution in [1.82, 2.24) is 15.5 Å². The van der Waals surface area contributed by atoms with Crippen LogP contribution in [0.3, 0.4) is 0 Å². The fourth-order valence-electron chi connectivity index (χ4n) is 2.56. The van der Waals surface area contributed by atoms with Gasteiger partial charge in [-0.3, -0.25) is 0 Å². The number of para-hydroxylation sites is 1. The molecule has 0 amide bonds. The predicted molar refractivity (Wildman–Crippen MR) is 75.5 cm³/mol. The van der Waals surface area contributed by atoms with E-state index in [0.717, 1.165) is 30.1 Å². The smallest absolute Gasteiger partial charge is 0.261 e. The summed E-state index contributed by atoms with van der Waals surface area (Å²) in [5.74, 6) is 2.01. The van der Waals surface area contributed by atoms with Crippen molar-refractivity contribution in [1.29, 1.82) is 0 Å². The maximum absolute atomic E-state index is 5.41. The molecular formula is C15H19N3O2. The minimum Gasteiger partial charge on any atom is -0.496 e. The van der Waals surface area contributed by atoms with Crippen molar-refractivity contribution in [2.75, 3.05) is 13.7 Å². The summed E-state index contributed by atoms with van der Waals surface area (Å²) in [7, 11) is 1.64. The fraction of sp³-hybridized carbons (Fsp3) is 0.467. The number of hydrogen-bond donors (Lipinski definition) is 1. The van der Waals surface area contributed by atoms with E-state index in [1.54, 1.807) is 7.11 Å². The zero-order valence-corrected chi connectivity index (χ0v) is 11.6. The molecule has 2 heterocycles. The van der Waals surface area contributed by atoms with Gasteiger partial charge in [0.1, 0.15) is 5.75 Å². The Bertz CT molecular complexity index is 560. The van der Waals surface area contributed by atoms with Gasteiger partial charge in [0.2, 0.25) is 0 Å². The summed E-state index contributed by atoms with van der Waals surface area (Å²) >= 11 is 0. The number of nitrogens with zero attached hydrogens (tertiary/aromatic N) is 2. The molecule has 2 aromatic rings. The van der Waals surface area contributed by atoms with E-state index < -0.39 is 0 Å². The third kappa shape index (κ3) is 2.67. The van der Waals surface area contributed by atoms with E-state index in [2.05, 4.69) is 15.5 Å². The average molecular weight is 273 g/mol. The van der Waals surface area contributed by atoms with Crippen LogP contribution in [0.2, 0.25) is 0 Å². The number of hydrogen-bond acceptors (Lipinski definition) is 5. The predicted octanol–water partition coefficient (Wildman–Crippen LogP) is 2.95. The first-order valence-corrected chi connectivity index (χ1v) is 7.09. The summed E-state index contributed by atoms with van der Waals surface area (Å²) in [4.78, 5) is 4.53. The second-order valence-corrected chi connectivity index (χ2v) is 5.01. The van der Waals surface area contributed by atoms with Crippen LogP contribution in [0.25, 0.3) is 11.5 Å². The molecule has 20 heavy (non-hydrogen) atoms. The Labute approximate surface area is 118 Å². The number of ether oxygens (including phenoxy) is 1. The molecule has 1 aromatic heterocycles. The molecule has 0 radical (unpaired) electrons. The summed E-state index contributed by atoms with van der Waals surface area (Å²) in [6, 6.07) is 7.88. The van der Waals surface area contributed by atoms with Gasteiger partial charge in [-0.25, -0.2) is 0 Å². The van der Waals surface area contributed by atoms with Crippen LogP contribution in [0.1, 0.15) is 37.5 Å². The highest BCUT2D eigenvalue weighted by atomic mass is 16.5. The van der Waals surface area contributed by atoms with Crippen molar-refractivity contribution in [3.8, 4) is 17.2 Å². The maximum Gasteiger partial charge on any atom is 0.261 e. The number of benzene rings is 1. The van der Waals surface area contributed by atoms with Crippen LogP contribution < -0.4 is 10.1 Å². The zero-order chi connectivity index (χ0) is 13.8. The molecule has 1 N–H and O–H groups in total. The molecule has 5 nitrogen and oxygen atoms in total. The number of aromatic nitrogens is 2. The highest BCUT2D eigenvalue weighted by Gasteiger charge is 2.21. The monoisotopic (exact) mass is 273 g/mol. The molecule has 1 aliphatic heterocycles. The van der Waals surface area contributed by atoms with Gasteiger partial charge in [0.25, 0.3) is 5.89 Å². The second kappa shape index (κ2) is 6.05. The Hall–Kier alpha value is -1.88. The number of methoxy groups -OCH3 is 1. The molecular weight excluding hydrogens is 254 g/mol. The summed E-state index contributed by atoms with van der Waals surface area (Å²) in [6.07, 6.45) is 4.75. The van der Waals surface area contributed by atoms with Gasteiger partial charge in [-0.1, -0.05) is 30.1 Å². The fourth-order valence-corrected chi connectivity index (χ4v) is 2.56. The van der Waals surface area contributed by atoms with Gasteiger partial charge in [0.05, 0.1) is 18.7 Å². The SMILES string of the molecule is COc1ccccc1-c1nc(C2CCCCCN2)no1. The molecule has 0 saturated carbocycles. The standard InChI is InChI=1S/C15H19N3O2/c1-19-13-9-5-4-7-11(13)15-17-14(18-20-15)12-8-3-2-6-10-16-12/h4-5,7,9,12,16H,2-3,6,8,10H2,1H3. The van der Waals surface area contributed by atoms with E-state index in [1.807, 2.05) is 24.3 Å². The molecule has 1 aromatic carbocycles. The number of nitrogens with one attached hydrogen (secondary N) is 1. The molecule has 3 rings (SSSR count). The van der Waals surface area contributed by atoms with E-state index in [1.165, 1.54) is 19.3 Å². The van der Waals surface area contributed by atoms with Crippen molar-refractivity contribution >= 4 is 0 Å². The van der Waals surface area contributed by atoms with Crippen molar-refractivity contribution in [3.63, 3.8) is 0 Å². The van der Waals surface area contributed by atoms with Gasteiger partial charge in [-0.2, -0.15) is 4.98 Å². The van der Waals surface area contributed by atoms with E-state index >= 15 is 0 Å². The lowest BCUT2D eigenvalue weighted by molar-refractivity contribution is 0.394. The third-order valence-electron chi connectivity index (χ3n) is 3.65. The van der Waals surface area contributed by atoms with Gasteiger partial charge < -0.3 is 14.6 Å². The van der Waals surface area contributed by atoms with E-state index in [4.69, 9.17) is 9.26 Å². The molecule has 0 bridgehead atoms. The Kier molecular flexibility index (Phi) is 3.97. The van der Waals surface area contributed by atoms with E-state index in [-0.39, 0.29) is 6.04 Å². The molecule has 1 aliphatic rings. The first-order valence-electron chi connectivity index (χ1n) is 7.09. The normalized spacial score (nSPS) is 19.6. The molecule has 1 unspecified atom stereocenters. The topological polar surface area (TPSA) is 60.2 Å². The van der Waals surface area contributed by atoms with Crippen molar-refractivity contribution < 1.29 is 9.26 Å². The molecule has 1 atom stereocenters. The maximum atomic E-state index is 5.41. The first kappa shape index (κ1) is 13.1. The highest BCUT2D eigenvalue weighted by Crippen LogP contribution is 2.29. The van der Waals surface area contributed by atoms with Crippen LogP contribution in [0.5, 0.6) is 5.75 Å². The molecule has 5 heteroatoms. The Morgan fingerprint density at radius 3 is 3.05 bits per heavy atom. The Morgan fingerprint density at radius 1 is 1.25 bits per heavy atom. The molecule has 1 fully saturated rings. The summed E-state index contributed by atoms with van der Waals surface area (Å²) in [5.41, 5.74) is 0.836. The van der Waals surface area contributed by atoms with Gasteiger partial charge in [-0.15, -0.1) is 0 Å². The van der Waals surface area contributed by atoms with E-state index in [0.29, 0.717) is 5.89 Å². The Morgan fingerprint density at radius 2 is 2.15 bits per heavy atom.